The third-order valence-electron chi connectivity index (χ3n) is 2.93. The molecule has 0 saturated heterocycles. The van der Waals surface area contributed by atoms with Gasteiger partial charge >= 0.3 is 0 Å². The van der Waals surface area contributed by atoms with E-state index in [0.717, 1.165) is 16.9 Å². The molecule has 1 aromatic carbocycles. The molecule has 2 aromatic heterocycles. The molecule has 2 heterocycles. The van der Waals surface area contributed by atoms with Crippen molar-refractivity contribution in [2.45, 2.75) is 6.92 Å². The van der Waals surface area contributed by atoms with E-state index in [-0.39, 0.29) is 5.75 Å². The van der Waals surface area contributed by atoms with Gasteiger partial charge < -0.3 is 15.2 Å². The normalized spacial score (nSPS) is 10.7. The lowest BCUT2D eigenvalue weighted by atomic mass is 10.3. The highest BCUT2D eigenvalue weighted by Crippen LogP contribution is 2.31. The van der Waals surface area contributed by atoms with Crippen LogP contribution in [0, 0.1) is 0 Å². The lowest BCUT2D eigenvalue weighted by Crippen LogP contribution is -1.96. The van der Waals surface area contributed by atoms with Gasteiger partial charge in [-0.3, -0.25) is 0 Å². The van der Waals surface area contributed by atoms with Crippen molar-refractivity contribution >= 4 is 16.9 Å². The van der Waals surface area contributed by atoms with Crippen LogP contribution in [-0.4, -0.2) is 21.3 Å². The van der Waals surface area contributed by atoms with E-state index in [4.69, 9.17) is 4.74 Å². The molecule has 0 bridgehead atoms. The number of benzene rings is 1. The van der Waals surface area contributed by atoms with Gasteiger partial charge in [0.05, 0.1) is 12.1 Å². The highest BCUT2D eigenvalue weighted by molar-refractivity contribution is 5.81. The number of nitrogens with zero attached hydrogens (tertiary/aromatic N) is 2. The Balaban J connectivity index is 2.04. The Morgan fingerprint density at radius 2 is 2.00 bits per heavy atom. The molecule has 20 heavy (non-hydrogen) atoms. The van der Waals surface area contributed by atoms with E-state index in [2.05, 4.69) is 10.4 Å². The largest absolute Gasteiger partial charge is 0.508 e. The summed E-state index contributed by atoms with van der Waals surface area (Å²) < 4.78 is 7.35. The molecule has 0 aliphatic carbocycles. The van der Waals surface area contributed by atoms with Gasteiger partial charge in [0.2, 0.25) is 0 Å². The van der Waals surface area contributed by atoms with Gasteiger partial charge in [0.15, 0.2) is 0 Å². The maximum absolute atomic E-state index is 9.32. The number of phenols is 1. The molecule has 0 atom stereocenters. The van der Waals surface area contributed by atoms with E-state index >= 15 is 0 Å². The van der Waals surface area contributed by atoms with Crippen LogP contribution in [-0.2, 0) is 0 Å². The van der Waals surface area contributed by atoms with Crippen LogP contribution in [0.2, 0.25) is 0 Å². The molecular weight excluding hydrogens is 254 g/mol. The molecule has 3 rings (SSSR count). The number of phenolic OH excluding ortho intramolecular Hbond substituents is 1. The number of aromatic nitrogens is 2. The molecular formula is C15H15N3O2. The Labute approximate surface area is 116 Å². The van der Waals surface area contributed by atoms with Gasteiger partial charge in [-0.1, -0.05) is 6.07 Å². The Hall–Kier alpha value is -2.69. The van der Waals surface area contributed by atoms with Crippen molar-refractivity contribution in [2.24, 2.45) is 0 Å². The van der Waals surface area contributed by atoms with Crippen LogP contribution >= 0.6 is 0 Å². The minimum absolute atomic E-state index is 0.237. The summed E-state index contributed by atoms with van der Waals surface area (Å²) >= 11 is 0. The fourth-order valence-electron chi connectivity index (χ4n) is 2.02. The number of nitrogens with one attached hydrogen (secondary N) is 1. The molecule has 0 spiro atoms. The average molecular weight is 269 g/mol. The van der Waals surface area contributed by atoms with Gasteiger partial charge in [-0.2, -0.15) is 0 Å². The van der Waals surface area contributed by atoms with Gasteiger partial charge in [0.1, 0.15) is 11.4 Å². The molecule has 2 N–H and O–H groups in total. The number of aromatic hydroxyl groups is 1. The first-order valence-electron chi connectivity index (χ1n) is 6.44. The molecule has 0 fully saturated rings. The van der Waals surface area contributed by atoms with E-state index in [1.54, 1.807) is 28.8 Å². The van der Waals surface area contributed by atoms with Crippen LogP contribution in [0.25, 0.3) is 5.52 Å². The standard InChI is InChI=1S/C15H15N3O2/c1-2-20-15-14(13-5-3-4-10-18(13)17-15)16-11-6-8-12(19)9-7-11/h3-10,16,19H,2H2,1H3. The van der Waals surface area contributed by atoms with Gasteiger partial charge in [-0.15, -0.1) is 5.10 Å². The van der Waals surface area contributed by atoms with Crippen LogP contribution in [0.5, 0.6) is 11.6 Å². The average Bonchev–Trinajstić information content (AvgIpc) is 2.80. The van der Waals surface area contributed by atoms with Crippen molar-refractivity contribution in [2.75, 3.05) is 11.9 Å². The van der Waals surface area contributed by atoms with Crippen molar-refractivity contribution < 1.29 is 9.84 Å². The van der Waals surface area contributed by atoms with E-state index < -0.39 is 0 Å². The molecule has 0 aliphatic rings. The monoisotopic (exact) mass is 269 g/mol. The van der Waals surface area contributed by atoms with E-state index in [1.807, 2.05) is 31.3 Å². The lowest BCUT2D eigenvalue weighted by Gasteiger charge is -2.07. The highest BCUT2D eigenvalue weighted by atomic mass is 16.5. The summed E-state index contributed by atoms with van der Waals surface area (Å²) in [5, 5.41) is 17.0. The second kappa shape index (κ2) is 5.13. The fraction of sp³-hybridized carbons (Fsp3) is 0.133. The van der Waals surface area contributed by atoms with Crippen LogP contribution in [0.4, 0.5) is 11.4 Å². The molecule has 0 radical (unpaired) electrons. The summed E-state index contributed by atoms with van der Waals surface area (Å²) in [5.74, 6) is 0.798. The number of anilines is 2. The van der Waals surface area contributed by atoms with Crippen molar-refractivity contribution in [3.8, 4) is 11.6 Å². The van der Waals surface area contributed by atoms with E-state index in [1.165, 1.54) is 0 Å². The Morgan fingerprint density at radius 1 is 1.20 bits per heavy atom. The third kappa shape index (κ3) is 2.25. The number of rotatable bonds is 4. The van der Waals surface area contributed by atoms with Crippen LogP contribution in [0.15, 0.2) is 48.7 Å². The number of hydrogen-bond donors (Lipinski definition) is 2. The van der Waals surface area contributed by atoms with Crippen LogP contribution in [0.1, 0.15) is 6.92 Å². The zero-order valence-corrected chi connectivity index (χ0v) is 11.1. The van der Waals surface area contributed by atoms with Crippen molar-refractivity contribution in [1.82, 2.24) is 9.61 Å². The highest BCUT2D eigenvalue weighted by Gasteiger charge is 2.13. The Morgan fingerprint density at radius 3 is 2.75 bits per heavy atom. The molecule has 5 nitrogen and oxygen atoms in total. The maximum atomic E-state index is 9.32. The number of hydrogen-bond acceptors (Lipinski definition) is 4. The second-order valence-corrected chi connectivity index (χ2v) is 4.32. The number of pyridine rings is 1. The van der Waals surface area contributed by atoms with Crippen LogP contribution < -0.4 is 10.1 Å². The fourth-order valence-corrected chi connectivity index (χ4v) is 2.02. The molecule has 102 valence electrons. The summed E-state index contributed by atoms with van der Waals surface area (Å²) in [6, 6.07) is 12.7. The van der Waals surface area contributed by atoms with Gasteiger partial charge in [0.25, 0.3) is 5.88 Å². The first-order valence-corrected chi connectivity index (χ1v) is 6.44. The van der Waals surface area contributed by atoms with E-state index in [9.17, 15) is 5.11 Å². The first kappa shape index (κ1) is 12.3. The van der Waals surface area contributed by atoms with Crippen molar-refractivity contribution in [3.63, 3.8) is 0 Å². The topological polar surface area (TPSA) is 58.8 Å². The van der Waals surface area contributed by atoms with Crippen molar-refractivity contribution in [3.05, 3.63) is 48.7 Å². The zero-order chi connectivity index (χ0) is 13.9. The predicted octanol–water partition coefficient (Wildman–Crippen LogP) is 3.18. The van der Waals surface area contributed by atoms with Gasteiger partial charge in [-0.05, 0) is 43.3 Å². The molecule has 0 saturated carbocycles. The van der Waals surface area contributed by atoms with Gasteiger partial charge in [-0.25, -0.2) is 4.52 Å². The molecule has 0 amide bonds. The summed E-state index contributed by atoms with van der Waals surface area (Å²) in [7, 11) is 0. The predicted molar refractivity (Wildman–Crippen MR) is 77.8 cm³/mol. The summed E-state index contributed by atoms with van der Waals surface area (Å²) in [5.41, 5.74) is 2.62. The van der Waals surface area contributed by atoms with Gasteiger partial charge in [0, 0.05) is 11.9 Å². The zero-order valence-electron chi connectivity index (χ0n) is 11.1. The Kier molecular flexibility index (Phi) is 3.16. The summed E-state index contributed by atoms with van der Waals surface area (Å²) in [6.07, 6.45) is 1.87. The minimum Gasteiger partial charge on any atom is -0.508 e. The van der Waals surface area contributed by atoms with Crippen molar-refractivity contribution in [1.29, 1.82) is 0 Å². The molecule has 0 unspecified atom stereocenters. The van der Waals surface area contributed by atoms with E-state index in [0.29, 0.717) is 12.5 Å². The second-order valence-electron chi connectivity index (χ2n) is 4.32. The summed E-state index contributed by atoms with van der Waals surface area (Å²) in [4.78, 5) is 0. The Bertz CT molecular complexity index is 720. The smallest absolute Gasteiger partial charge is 0.257 e. The molecule has 5 heteroatoms. The third-order valence-corrected chi connectivity index (χ3v) is 2.93. The molecule has 0 aliphatic heterocycles. The maximum Gasteiger partial charge on any atom is 0.257 e. The number of ether oxygens (including phenoxy) is 1. The molecule has 3 aromatic rings. The number of fused-ring (bicyclic) bond motifs is 1. The first-order chi connectivity index (χ1) is 9.78. The SMILES string of the molecule is CCOc1nn2ccccc2c1Nc1ccc(O)cc1. The van der Waals surface area contributed by atoms with Crippen LogP contribution in [0.3, 0.4) is 0 Å². The summed E-state index contributed by atoms with van der Waals surface area (Å²) in [6.45, 7) is 2.47. The lowest BCUT2D eigenvalue weighted by molar-refractivity contribution is 0.326. The minimum atomic E-state index is 0.237. The quantitative estimate of drug-likeness (QED) is 0.714.